The van der Waals surface area contributed by atoms with Crippen molar-refractivity contribution in [3.63, 3.8) is 0 Å². The van der Waals surface area contributed by atoms with Crippen molar-refractivity contribution in [1.82, 2.24) is 0 Å². The van der Waals surface area contributed by atoms with Crippen molar-refractivity contribution in [2.75, 3.05) is 0 Å². The first kappa shape index (κ1) is 16.0. The van der Waals surface area contributed by atoms with Crippen LogP contribution in [0, 0.1) is 0 Å². The van der Waals surface area contributed by atoms with E-state index in [1.54, 1.807) is 0 Å². The maximum atomic E-state index is 6.07. The molecule has 0 spiro atoms. The van der Waals surface area contributed by atoms with Gasteiger partial charge in [-0.25, -0.2) is 0 Å². The third-order valence-corrected chi connectivity index (χ3v) is 4.42. The number of benzene rings is 2. The van der Waals surface area contributed by atoms with Gasteiger partial charge in [-0.15, -0.1) is 46.4 Å². The van der Waals surface area contributed by atoms with Crippen molar-refractivity contribution < 1.29 is 0 Å². The van der Waals surface area contributed by atoms with E-state index in [1.807, 2.05) is 24.3 Å². The highest BCUT2D eigenvalue weighted by atomic mass is 35.5. The zero-order chi connectivity index (χ0) is 14.5. The van der Waals surface area contributed by atoms with Crippen molar-refractivity contribution in [3.8, 4) is 11.1 Å². The molecule has 2 aromatic rings. The zero-order valence-corrected chi connectivity index (χ0v) is 13.8. The Balaban J connectivity index is 2.55. The van der Waals surface area contributed by atoms with Crippen molar-refractivity contribution in [2.45, 2.75) is 23.5 Å². The minimum Gasteiger partial charge on any atom is -0.122 e. The fourth-order valence-corrected chi connectivity index (χ4v) is 2.98. The van der Waals surface area contributed by atoms with Gasteiger partial charge in [0.15, 0.2) is 0 Å². The first-order valence-electron chi connectivity index (χ1n) is 6.21. The Morgan fingerprint density at radius 1 is 0.550 bits per heavy atom. The van der Waals surface area contributed by atoms with Gasteiger partial charge in [-0.1, -0.05) is 36.4 Å². The Labute approximate surface area is 139 Å². The van der Waals surface area contributed by atoms with Crippen LogP contribution in [0.2, 0.25) is 0 Å². The van der Waals surface area contributed by atoms with Crippen LogP contribution in [0.15, 0.2) is 36.4 Å². The van der Waals surface area contributed by atoms with Crippen molar-refractivity contribution in [3.05, 3.63) is 58.7 Å². The van der Waals surface area contributed by atoms with Crippen LogP contribution in [0.4, 0.5) is 0 Å². The molecule has 0 heterocycles. The molecule has 0 aliphatic carbocycles. The first-order chi connectivity index (χ1) is 9.73. The van der Waals surface area contributed by atoms with Gasteiger partial charge in [-0.2, -0.15) is 0 Å². The maximum Gasteiger partial charge on any atom is 0.0480 e. The summed E-state index contributed by atoms with van der Waals surface area (Å²) in [5, 5.41) is 0. The van der Waals surface area contributed by atoms with Crippen LogP contribution in [0.3, 0.4) is 0 Å². The molecule has 0 atom stereocenters. The van der Waals surface area contributed by atoms with Crippen molar-refractivity contribution >= 4 is 46.4 Å². The van der Waals surface area contributed by atoms with Crippen LogP contribution >= 0.6 is 46.4 Å². The van der Waals surface area contributed by atoms with Crippen LogP contribution in [0.25, 0.3) is 11.1 Å². The van der Waals surface area contributed by atoms with Crippen LogP contribution in [-0.2, 0) is 23.5 Å². The zero-order valence-electron chi connectivity index (χ0n) is 10.8. The van der Waals surface area contributed by atoms with Gasteiger partial charge in [0.2, 0.25) is 0 Å². The van der Waals surface area contributed by atoms with Crippen LogP contribution in [-0.4, -0.2) is 0 Å². The monoisotopic (exact) mass is 346 g/mol. The number of hydrogen-bond acceptors (Lipinski definition) is 0. The lowest BCUT2D eigenvalue weighted by Gasteiger charge is -2.13. The van der Waals surface area contributed by atoms with E-state index in [0.29, 0.717) is 23.5 Å². The van der Waals surface area contributed by atoms with Gasteiger partial charge in [0.25, 0.3) is 0 Å². The lowest BCUT2D eigenvalue weighted by atomic mass is 9.94. The maximum absolute atomic E-state index is 6.07. The first-order valence-corrected chi connectivity index (χ1v) is 8.35. The third kappa shape index (κ3) is 3.43. The second-order valence-corrected chi connectivity index (χ2v) is 5.59. The third-order valence-electron chi connectivity index (χ3n) is 3.23. The molecule has 0 fully saturated rings. The van der Waals surface area contributed by atoms with E-state index in [4.69, 9.17) is 46.4 Å². The van der Waals surface area contributed by atoms with E-state index in [0.717, 1.165) is 33.4 Å². The second-order valence-electron chi connectivity index (χ2n) is 4.52. The molecule has 106 valence electrons. The molecule has 2 aromatic carbocycles. The minimum atomic E-state index is 0.443. The lowest BCUT2D eigenvalue weighted by Crippen LogP contribution is -1.94. The molecule has 4 heteroatoms. The molecule has 0 aliphatic heterocycles. The van der Waals surface area contributed by atoms with Gasteiger partial charge in [-0.05, 0) is 33.4 Å². The fourth-order valence-electron chi connectivity index (χ4n) is 2.21. The summed E-state index contributed by atoms with van der Waals surface area (Å²) in [6.45, 7) is 0. The molecule has 0 bridgehead atoms. The van der Waals surface area contributed by atoms with E-state index in [-0.39, 0.29) is 0 Å². The summed E-state index contributed by atoms with van der Waals surface area (Å²) in [7, 11) is 0. The predicted octanol–water partition coefficient (Wildman–Crippen LogP) is 6.31. The Bertz CT molecular complexity index is 540. The van der Waals surface area contributed by atoms with Gasteiger partial charge < -0.3 is 0 Å². The Kier molecular flexibility index (Phi) is 6.04. The van der Waals surface area contributed by atoms with E-state index < -0.39 is 0 Å². The molecular formula is C16H14Cl4. The molecule has 0 aromatic heterocycles. The summed E-state index contributed by atoms with van der Waals surface area (Å²) in [4.78, 5) is 0. The smallest absolute Gasteiger partial charge is 0.0480 e. The van der Waals surface area contributed by atoms with Crippen molar-refractivity contribution in [2.24, 2.45) is 0 Å². The summed E-state index contributed by atoms with van der Waals surface area (Å²) < 4.78 is 0. The average molecular weight is 348 g/mol. The predicted molar refractivity (Wildman–Crippen MR) is 90.1 cm³/mol. The molecule has 0 saturated carbocycles. The molecule has 0 amide bonds. The van der Waals surface area contributed by atoms with Gasteiger partial charge in [0.05, 0.1) is 0 Å². The molecule has 0 nitrogen and oxygen atoms in total. The molecule has 20 heavy (non-hydrogen) atoms. The largest absolute Gasteiger partial charge is 0.122 e. The number of hydrogen-bond donors (Lipinski definition) is 0. The fraction of sp³-hybridized carbons (Fsp3) is 0.250. The lowest BCUT2D eigenvalue weighted by molar-refractivity contribution is 1.28. The van der Waals surface area contributed by atoms with Gasteiger partial charge in [0.1, 0.15) is 0 Å². The van der Waals surface area contributed by atoms with Crippen molar-refractivity contribution in [1.29, 1.82) is 0 Å². The molecule has 0 saturated heterocycles. The highest BCUT2D eigenvalue weighted by Gasteiger charge is 2.10. The summed E-state index contributed by atoms with van der Waals surface area (Å²) in [5.74, 6) is 1.85. The molecule has 0 unspecified atom stereocenters. The summed E-state index contributed by atoms with van der Waals surface area (Å²) in [6.07, 6.45) is 0. The van der Waals surface area contributed by atoms with Crippen LogP contribution < -0.4 is 0 Å². The SMILES string of the molecule is ClCc1ccc(-c2ccc(CCl)cc2CCl)c(CCl)c1. The highest BCUT2D eigenvalue weighted by Crippen LogP contribution is 2.31. The van der Waals surface area contributed by atoms with Gasteiger partial charge in [-0.3, -0.25) is 0 Å². The van der Waals surface area contributed by atoms with E-state index >= 15 is 0 Å². The standard InChI is InChI=1S/C16H14Cl4/c17-7-11-1-3-15(13(5-11)9-19)16-4-2-12(8-18)6-14(16)10-20/h1-6H,7-10H2. The molecule has 2 rings (SSSR count). The van der Waals surface area contributed by atoms with Crippen LogP contribution in [0.1, 0.15) is 22.3 Å². The normalized spacial score (nSPS) is 10.8. The number of halogens is 4. The molecule has 0 aliphatic rings. The number of alkyl halides is 4. The Hall–Kier alpha value is -0.400. The Morgan fingerprint density at radius 3 is 1.25 bits per heavy atom. The Morgan fingerprint density at radius 2 is 0.950 bits per heavy atom. The van der Waals surface area contributed by atoms with Gasteiger partial charge >= 0.3 is 0 Å². The van der Waals surface area contributed by atoms with E-state index in [1.165, 1.54) is 0 Å². The van der Waals surface area contributed by atoms with Gasteiger partial charge in [0, 0.05) is 23.5 Å². The van der Waals surface area contributed by atoms with E-state index in [2.05, 4.69) is 12.1 Å². The second kappa shape index (κ2) is 7.56. The summed E-state index contributed by atoms with van der Waals surface area (Å²) >= 11 is 23.9. The summed E-state index contributed by atoms with van der Waals surface area (Å²) in [5.41, 5.74) is 6.47. The molecular weight excluding hydrogens is 334 g/mol. The summed E-state index contributed by atoms with van der Waals surface area (Å²) in [6, 6.07) is 12.2. The number of rotatable bonds is 5. The molecule has 0 N–H and O–H groups in total. The van der Waals surface area contributed by atoms with Crippen LogP contribution in [0.5, 0.6) is 0 Å². The quantitative estimate of drug-likeness (QED) is 0.556. The van der Waals surface area contributed by atoms with E-state index in [9.17, 15) is 0 Å². The minimum absolute atomic E-state index is 0.443. The highest BCUT2D eigenvalue weighted by molar-refractivity contribution is 6.19. The topological polar surface area (TPSA) is 0 Å². The molecule has 0 radical (unpaired) electrons. The average Bonchev–Trinajstić information content (AvgIpc) is 2.53.